The van der Waals surface area contributed by atoms with E-state index in [4.69, 9.17) is 9.47 Å². The molecule has 2 aliphatic heterocycles. The third kappa shape index (κ3) is 2.63. The SMILES string of the molecule is CCC1(C)CC2(CC(C)(CC)N1O)OCC(C)(C)CO2. The summed E-state index contributed by atoms with van der Waals surface area (Å²) in [6.45, 7) is 14.2. The standard InChI is InChI=1S/C16H31NO3/c1-7-14(5)9-16(10-15(6,8-2)17(14)18)19-11-13(3,4)12-20-16/h18H,7-12H2,1-6H3. The van der Waals surface area contributed by atoms with Crippen LogP contribution in [0.25, 0.3) is 0 Å². The lowest BCUT2D eigenvalue weighted by atomic mass is 9.73. The quantitative estimate of drug-likeness (QED) is 0.842. The molecule has 0 aromatic rings. The predicted octanol–water partition coefficient (Wildman–Crippen LogP) is 3.58. The van der Waals surface area contributed by atoms with E-state index in [1.807, 2.05) is 0 Å². The van der Waals surface area contributed by atoms with Crippen LogP contribution in [0.15, 0.2) is 0 Å². The Morgan fingerprint density at radius 2 is 1.30 bits per heavy atom. The molecule has 1 N–H and O–H groups in total. The minimum Gasteiger partial charge on any atom is -0.349 e. The van der Waals surface area contributed by atoms with E-state index in [-0.39, 0.29) is 16.5 Å². The summed E-state index contributed by atoms with van der Waals surface area (Å²) in [6.07, 6.45) is 3.19. The van der Waals surface area contributed by atoms with E-state index >= 15 is 0 Å². The van der Waals surface area contributed by atoms with E-state index in [1.165, 1.54) is 0 Å². The van der Waals surface area contributed by atoms with Crippen LogP contribution in [-0.2, 0) is 9.47 Å². The summed E-state index contributed by atoms with van der Waals surface area (Å²) < 4.78 is 12.4. The van der Waals surface area contributed by atoms with Gasteiger partial charge in [-0.15, -0.1) is 0 Å². The maximum Gasteiger partial charge on any atom is 0.172 e. The van der Waals surface area contributed by atoms with Gasteiger partial charge in [-0.2, -0.15) is 5.06 Å². The van der Waals surface area contributed by atoms with E-state index in [9.17, 15) is 5.21 Å². The Balaban J connectivity index is 2.28. The third-order valence-electron chi connectivity index (χ3n) is 5.30. The van der Waals surface area contributed by atoms with Crippen LogP contribution in [0.3, 0.4) is 0 Å². The largest absolute Gasteiger partial charge is 0.349 e. The predicted molar refractivity (Wildman–Crippen MR) is 78.7 cm³/mol. The Labute approximate surface area is 123 Å². The maximum atomic E-state index is 10.7. The zero-order chi connectivity index (χ0) is 15.2. The summed E-state index contributed by atoms with van der Waals surface area (Å²) in [7, 11) is 0. The van der Waals surface area contributed by atoms with Crippen molar-refractivity contribution in [2.45, 2.75) is 84.1 Å². The Kier molecular flexibility index (Phi) is 4.00. The van der Waals surface area contributed by atoms with Crippen LogP contribution >= 0.6 is 0 Å². The topological polar surface area (TPSA) is 41.9 Å². The first-order chi connectivity index (χ1) is 9.10. The summed E-state index contributed by atoms with van der Waals surface area (Å²) >= 11 is 0. The summed E-state index contributed by atoms with van der Waals surface area (Å²) in [5.74, 6) is -0.537. The van der Waals surface area contributed by atoms with Crippen LogP contribution in [0, 0.1) is 5.41 Å². The van der Waals surface area contributed by atoms with Gasteiger partial charge in [-0.05, 0) is 26.7 Å². The highest BCUT2D eigenvalue weighted by molar-refractivity contribution is 5.04. The zero-order valence-corrected chi connectivity index (χ0v) is 14.0. The van der Waals surface area contributed by atoms with Gasteiger partial charge < -0.3 is 14.7 Å². The average Bonchev–Trinajstić information content (AvgIpc) is 2.40. The van der Waals surface area contributed by atoms with Gasteiger partial charge in [-0.3, -0.25) is 0 Å². The number of nitrogens with zero attached hydrogens (tertiary/aromatic N) is 1. The molecule has 20 heavy (non-hydrogen) atoms. The Bertz CT molecular complexity index is 339. The average molecular weight is 285 g/mol. The minimum atomic E-state index is -0.537. The summed E-state index contributed by atoms with van der Waals surface area (Å²) in [6, 6.07) is 0. The van der Waals surface area contributed by atoms with Gasteiger partial charge in [-0.1, -0.05) is 27.7 Å². The molecule has 2 unspecified atom stereocenters. The number of rotatable bonds is 2. The molecule has 0 aromatic heterocycles. The molecule has 2 saturated heterocycles. The first-order valence-electron chi connectivity index (χ1n) is 7.88. The monoisotopic (exact) mass is 285 g/mol. The van der Waals surface area contributed by atoms with Gasteiger partial charge in [0.05, 0.1) is 13.2 Å². The normalized spacial score (nSPS) is 41.0. The van der Waals surface area contributed by atoms with Crippen molar-refractivity contribution in [2.75, 3.05) is 13.2 Å². The molecule has 0 aliphatic carbocycles. The van der Waals surface area contributed by atoms with E-state index < -0.39 is 5.79 Å². The second kappa shape index (κ2) is 4.94. The van der Waals surface area contributed by atoms with E-state index in [0.717, 1.165) is 38.9 Å². The second-order valence-electron chi connectivity index (χ2n) is 8.02. The molecular weight excluding hydrogens is 254 g/mol. The van der Waals surface area contributed by atoms with E-state index in [0.29, 0.717) is 0 Å². The van der Waals surface area contributed by atoms with Gasteiger partial charge in [0.25, 0.3) is 0 Å². The van der Waals surface area contributed by atoms with Crippen molar-refractivity contribution in [1.82, 2.24) is 5.06 Å². The van der Waals surface area contributed by atoms with Crippen molar-refractivity contribution in [3.05, 3.63) is 0 Å². The molecule has 0 aromatic carbocycles. The molecule has 1 spiro atoms. The first-order valence-corrected chi connectivity index (χ1v) is 7.88. The highest BCUT2D eigenvalue weighted by Crippen LogP contribution is 2.49. The zero-order valence-electron chi connectivity index (χ0n) is 14.0. The first kappa shape index (κ1) is 16.2. The molecule has 2 rings (SSSR count). The number of hydroxylamine groups is 2. The number of ether oxygens (including phenoxy) is 2. The van der Waals surface area contributed by atoms with Gasteiger partial charge in [0.2, 0.25) is 0 Å². The van der Waals surface area contributed by atoms with Gasteiger partial charge in [0.15, 0.2) is 5.79 Å². The van der Waals surface area contributed by atoms with E-state index in [1.54, 1.807) is 5.06 Å². The summed E-state index contributed by atoms with van der Waals surface area (Å²) in [5.41, 5.74) is -0.526. The molecule has 0 saturated carbocycles. The van der Waals surface area contributed by atoms with Crippen LogP contribution in [0.5, 0.6) is 0 Å². The Hall–Kier alpha value is -0.160. The number of piperidine rings is 1. The van der Waals surface area contributed by atoms with Crippen molar-refractivity contribution in [3.63, 3.8) is 0 Å². The van der Waals surface area contributed by atoms with Crippen molar-refractivity contribution in [2.24, 2.45) is 5.41 Å². The van der Waals surface area contributed by atoms with Crippen molar-refractivity contribution >= 4 is 0 Å². The lowest BCUT2D eigenvalue weighted by Gasteiger charge is -2.59. The molecule has 0 radical (unpaired) electrons. The van der Waals surface area contributed by atoms with Crippen LogP contribution < -0.4 is 0 Å². The van der Waals surface area contributed by atoms with Crippen molar-refractivity contribution in [1.29, 1.82) is 0 Å². The third-order valence-corrected chi connectivity index (χ3v) is 5.30. The highest BCUT2D eigenvalue weighted by atomic mass is 16.7. The highest BCUT2D eigenvalue weighted by Gasteiger charge is 2.57. The lowest BCUT2D eigenvalue weighted by molar-refractivity contribution is -0.375. The molecule has 4 heteroatoms. The van der Waals surface area contributed by atoms with Crippen LogP contribution in [0.2, 0.25) is 0 Å². The van der Waals surface area contributed by atoms with Crippen molar-refractivity contribution in [3.8, 4) is 0 Å². The second-order valence-corrected chi connectivity index (χ2v) is 8.02. The van der Waals surface area contributed by atoms with Crippen LogP contribution in [0.1, 0.15) is 67.2 Å². The lowest BCUT2D eigenvalue weighted by Crippen LogP contribution is -2.68. The minimum absolute atomic E-state index is 0.0762. The molecule has 0 amide bonds. The molecule has 118 valence electrons. The molecule has 0 bridgehead atoms. The van der Waals surface area contributed by atoms with Gasteiger partial charge >= 0.3 is 0 Å². The molecular formula is C16H31NO3. The molecule has 2 atom stereocenters. The number of hydrogen-bond acceptors (Lipinski definition) is 4. The summed E-state index contributed by atoms with van der Waals surface area (Å²) in [5, 5.41) is 12.3. The Morgan fingerprint density at radius 1 is 0.900 bits per heavy atom. The molecule has 2 aliphatic rings. The number of hydrogen-bond donors (Lipinski definition) is 1. The molecule has 2 heterocycles. The van der Waals surface area contributed by atoms with Crippen molar-refractivity contribution < 1.29 is 14.7 Å². The van der Waals surface area contributed by atoms with Gasteiger partial charge in [-0.25, -0.2) is 0 Å². The molecule has 2 fully saturated rings. The van der Waals surface area contributed by atoms with Crippen LogP contribution in [0.4, 0.5) is 0 Å². The fraction of sp³-hybridized carbons (Fsp3) is 1.00. The molecule has 4 nitrogen and oxygen atoms in total. The smallest absolute Gasteiger partial charge is 0.172 e. The van der Waals surface area contributed by atoms with Gasteiger partial charge in [0, 0.05) is 29.3 Å². The Morgan fingerprint density at radius 3 is 1.65 bits per heavy atom. The fourth-order valence-electron chi connectivity index (χ4n) is 3.52. The van der Waals surface area contributed by atoms with Gasteiger partial charge in [0.1, 0.15) is 0 Å². The fourth-order valence-corrected chi connectivity index (χ4v) is 3.52. The van der Waals surface area contributed by atoms with Crippen LogP contribution in [-0.4, -0.2) is 40.3 Å². The van der Waals surface area contributed by atoms with E-state index in [2.05, 4.69) is 41.5 Å². The maximum absolute atomic E-state index is 10.7. The summed E-state index contributed by atoms with van der Waals surface area (Å²) in [4.78, 5) is 0.